The third kappa shape index (κ3) is 2.02. The average molecular weight is 394 g/mol. The summed E-state index contributed by atoms with van der Waals surface area (Å²) in [5.74, 6) is 0. The van der Waals surface area contributed by atoms with Crippen LogP contribution in [0.5, 0.6) is 0 Å². The zero-order valence-corrected chi connectivity index (χ0v) is 15.2. The van der Waals surface area contributed by atoms with Crippen molar-refractivity contribution in [3.8, 4) is 0 Å². The minimum atomic E-state index is -0.878. The summed E-state index contributed by atoms with van der Waals surface area (Å²) in [6.07, 6.45) is 0. The average Bonchev–Trinajstić information content (AvgIpc) is 2.80. The van der Waals surface area contributed by atoms with Gasteiger partial charge in [-0.1, -0.05) is 36.4 Å². The fourth-order valence-electron chi connectivity index (χ4n) is 4.35. The highest BCUT2D eigenvalue weighted by atomic mass is 16.4. The van der Waals surface area contributed by atoms with Gasteiger partial charge in [-0.25, -0.2) is 19.2 Å². The van der Waals surface area contributed by atoms with Crippen molar-refractivity contribution in [2.45, 2.75) is 0 Å². The van der Waals surface area contributed by atoms with Crippen LogP contribution in [0.25, 0.3) is 53.9 Å². The van der Waals surface area contributed by atoms with E-state index in [4.69, 9.17) is 8.83 Å². The maximum atomic E-state index is 12.9. The molecule has 0 radical (unpaired) electrons. The highest BCUT2D eigenvalue weighted by Gasteiger charge is 2.15. The second-order valence-electron chi connectivity index (χ2n) is 7.13. The van der Waals surface area contributed by atoms with Crippen LogP contribution in [-0.4, -0.2) is 0 Å². The molecule has 0 saturated carbocycles. The summed E-state index contributed by atoms with van der Waals surface area (Å²) >= 11 is 0. The molecule has 3 aromatic heterocycles. The first kappa shape index (κ1) is 16.6. The van der Waals surface area contributed by atoms with Crippen molar-refractivity contribution in [3.05, 3.63) is 102 Å². The van der Waals surface area contributed by atoms with Crippen molar-refractivity contribution in [2.75, 3.05) is 0 Å². The molecule has 4 aromatic carbocycles. The molecule has 6 heteroatoms. The minimum absolute atomic E-state index is 0.0472. The Labute approximate surface area is 165 Å². The van der Waals surface area contributed by atoms with Gasteiger partial charge in [0.2, 0.25) is 0 Å². The molecule has 3 heterocycles. The lowest BCUT2D eigenvalue weighted by Crippen LogP contribution is -2.11. The van der Waals surface area contributed by atoms with E-state index in [1.807, 2.05) is 0 Å². The number of hydrogen-bond acceptors (Lipinski definition) is 6. The van der Waals surface area contributed by atoms with E-state index < -0.39 is 22.5 Å². The van der Waals surface area contributed by atoms with Gasteiger partial charge in [0.15, 0.2) is 0 Å². The third-order valence-corrected chi connectivity index (χ3v) is 5.62. The van der Waals surface area contributed by atoms with Crippen LogP contribution in [-0.2, 0) is 0 Å². The van der Waals surface area contributed by atoms with E-state index in [0.29, 0.717) is 10.8 Å². The summed E-state index contributed by atoms with van der Waals surface area (Å²) < 4.78 is 10.3. The van der Waals surface area contributed by atoms with Crippen LogP contribution in [0.1, 0.15) is 0 Å². The molecule has 0 N–H and O–H groups in total. The molecule has 6 nitrogen and oxygen atoms in total. The van der Waals surface area contributed by atoms with E-state index in [2.05, 4.69) is 0 Å². The van der Waals surface area contributed by atoms with Crippen molar-refractivity contribution in [1.29, 1.82) is 0 Å². The van der Waals surface area contributed by atoms with Gasteiger partial charge in [0.05, 0.1) is 21.5 Å². The third-order valence-electron chi connectivity index (χ3n) is 5.62. The molecular weight excluding hydrogens is 384 g/mol. The maximum Gasteiger partial charge on any atom is 0.346 e. The molecule has 0 aliphatic carbocycles. The van der Waals surface area contributed by atoms with Gasteiger partial charge in [0, 0.05) is 10.8 Å². The Balaban J connectivity index is 2.33. The van der Waals surface area contributed by atoms with Gasteiger partial charge in [-0.3, -0.25) is 0 Å². The molecule has 0 unspecified atom stereocenters. The van der Waals surface area contributed by atoms with E-state index in [1.165, 1.54) is 24.3 Å². The highest BCUT2D eigenvalue weighted by molar-refractivity contribution is 6.25. The zero-order chi connectivity index (χ0) is 20.6. The number of hydrogen-bond donors (Lipinski definition) is 0. The summed E-state index contributed by atoms with van der Waals surface area (Å²) in [5.41, 5.74) is -3.51. The second kappa shape index (κ2) is 5.61. The molecule has 0 saturated heterocycles. The number of rotatable bonds is 0. The molecule has 0 aliphatic rings. The largest absolute Gasteiger partial charge is 0.386 e. The summed E-state index contributed by atoms with van der Waals surface area (Å²) in [6.45, 7) is 0. The van der Waals surface area contributed by atoms with Crippen molar-refractivity contribution in [2.24, 2.45) is 0 Å². The summed E-state index contributed by atoms with van der Waals surface area (Å²) in [5, 5.41) is 3.49. The van der Waals surface area contributed by atoms with Gasteiger partial charge in [0.1, 0.15) is 0 Å². The van der Waals surface area contributed by atoms with Gasteiger partial charge in [-0.15, -0.1) is 0 Å². The number of benzene rings is 4. The predicted molar refractivity (Wildman–Crippen MR) is 115 cm³/mol. The SMILES string of the molecule is O=c1oc(=O)c2cccc3c4ccc(c(=O)oc(=O)c5ccc4c4cccc1c54)c23. The van der Waals surface area contributed by atoms with Crippen LogP contribution in [0.2, 0.25) is 0 Å². The monoisotopic (exact) mass is 394 g/mol. The van der Waals surface area contributed by atoms with Gasteiger partial charge in [-0.05, 0) is 45.8 Å². The van der Waals surface area contributed by atoms with E-state index >= 15 is 0 Å². The number of fused-ring (bicyclic) bond motifs is 3. The van der Waals surface area contributed by atoms with Gasteiger partial charge in [-0.2, -0.15) is 0 Å². The van der Waals surface area contributed by atoms with Crippen molar-refractivity contribution in [1.82, 2.24) is 0 Å². The van der Waals surface area contributed by atoms with E-state index in [1.54, 1.807) is 36.4 Å². The lowest BCUT2D eigenvalue weighted by molar-refractivity contribution is 0.489. The summed E-state index contributed by atoms with van der Waals surface area (Å²) in [6, 6.07) is 16.4. The minimum Gasteiger partial charge on any atom is -0.386 e. The Morgan fingerprint density at radius 3 is 1.07 bits per heavy atom. The molecule has 0 spiro atoms. The first-order chi connectivity index (χ1) is 14.5. The molecule has 10 bridgehead atoms. The molecule has 142 valence electrons. The molecule has 7 rings (SSSR count). The Morgan fingerprint density at radius 2 is 0.667 bits per heavy atom. The zero-order valence-electron chi connectivity index (χ0n) is 15.2. The standard InChI is InChI=1S/C24H10O6/c25-21-15-5-1-3-13-11-7-9-17(19(13)15)23(27)30-24(28)18-10-8-12(11)14-4-2-6-16(20(14)18)22(26)29-21/h1-10H. The fraction of sp³-hybridized carbons (Fsp3) is 0. The summed E-state index contributed by atoms with van der Waals surface area (Å²) in [4.78, 5) is 51.6. The smallest absolute Gasteiger partial charge is 0.346 e. The summed E-state index contributed by atoms with van der Waals surface area (Å²) in [7, 11) is 0. The van der Waals surface area contributed by atoms with Crippen LogP contribution in [0.4, 0.5) is 0 Å². The predicted octanol–water partition coefficient (Wildman–Crippen LogP) is 3.52. The van der Waals surface area contributed by atoms with E-state index in [0.717, 1.165) is 10.8 Å². The molecular formula is C24H10O6. The Hall–Kier alpha value is -4.32. The van der Waals surface area contributed by atoms with Gasteiger partial charge >= 0.3 is 22.5 Å². The normalized spacial score (nSPS) is 11.9. The van der Waals surface area contributed by atoms with Crippen LogP contribution in [0.15, 0.2) is 88.7 Å². The first-order valence-corrected chi connectivity index (χ1v) is 9.19. The maximum absolute atomic E-state index is 12.9. The molecule has 30 heavy (non-hydrogen) atoms. The fourth-order valence-corrected chi connectivity index (χ4v) is 4.35. The molecule has 0 amide bonds. The molecule has 0 aliphatic heterocycles. The Kier molecular flexibility index (Phi) is 3.11. The van der Waals surface area contributed by atoms with Crippen LogP contribution >= 0.6 is 0 Å². The highest BCUT2D eigenvalue weighted by Crippen LogP contribution is 2.33. The molecule has 0 fully saturated rings. The topological polar surface area (TPSA) is 94.6 Å². The second-order valence-corrected chi connectivity index (χ2v) is 7.13. The Bertz CT molecular complexity index is 1790. The van der Waals surface area contributed by atoms with Crippen LogP contribution in [0, 0.1) is 0 Å². The quantitative estimate of drug-likeness (QED) is 0.391. The lowest BCUT2D eigenvalue weighted by atomic mass is 9.95. The van der Waals surface area contributed by atoms with Gasteiger partial charge < -0.3 is 8.83 Å². The van der Waals surface area contributed by atoms with Crippen LogP contribution in [0.3, 0.4) is 0 Å². The van der Waals surface area contributed by atoms with Crippen molar-refractivity contribution >= 4 is 53.9 Å². The van der Waals surface area contributed by atoms with Crippen molar-refractivity contribution in [3.63, 3.8) is 0 Å². The van der Waals surface area contributed by atoms with Crippen LogP contribution < -0.4 is 22.5 Å². The molecule has 7 aromatic rings. The van der Waals surface area contributed by atoms with E-state index in [9.17, 15) is 19.2 Å². The lowest BCUT2D eigenvalue weighted by Gasteiger charge is -2.06. The Morgan fingerprint density at radius 1 is 0.367 bits per heavy atom. The molecule has 0 atom stereocenters. The van der Waals surface area contributed by atoms with Gasteiger partial charge in [0.25, 0.3) is 0 Å². The van der Waals surface area contributed by atoms with Crippen molar-refractivity contribution < 1.29 is 8.83 Å². The van der Waals surface area contributed by atoms with E-state index in [-0.39, 0.29) is 32.3 Å². The first-order valence-electron chi connectivity index (χ1n) is 9.19.